The average molecular weight is 473 g/mol. The monoisotopic (exact) mass is 472 g/mol. The topological polar surface area (TPSA) is 62.5 Å². The van der Waals surface area contributed by atoms with Gasteiger partial charge in [0.1, 0.15) is 0 Å². The van der Waals surface area contributed by atoms with E-state index in [4.69, 9.17) is 27.7 Å². The van der Waals surface area contributed by atoms with Gasteiger partial charge < -0.3 is 14.3 Å². The molecule has 1 aliphatic rings. The van der Waals surface area contributed by atoms with Crippen molar-refractivity contribution in [3.63, 3.8) is 0 Å². The molecule has 1 fully saturated rings. The first kappa shape index (κ1) is 22.6. The van der Waals surface area contributed by atoms with Gasteiger partial charge >= 0.3 is 0 Å². The summed E-state index contributed by atoms with van der Waals surface area (Å²) in [4.78, 5) is 21.8. The molecule has 4 rings (SSSR count). The van der Waals surface area contributed by atoms with Crippen molar-refractivity contribution in [1.29, 1.82) is 0 Å². The molecule has 0 spiro atoms. The molecule has 2 aromatic carbocycles. The van der Waals surface area contributed by atoms with Crippen LogP contribution in [0.4, 0.5) is 5.69 Å². The standard InChI is InChI=1S/C24H26Cl2N4O2/c1-3-29(15-22-27-23(28-32-22)20-11-8-18(25)13-21(20)26)24(31)17-5-4-12-30(14-17)19-9-6-16(2)7-10-19/h6-11,13,17H,3-5,12,14-15H2,1-2H3. The van der Waals surface area contributed by atoms with Crippen molar-refractivity contribution < 1.29 is 9.32 Å². The predicted molar refractivity (Wildman–Crippen MR) is 127 cm³/mol. The van der Waals surface area contributed by atoms with E-state index >= 15 is 0 Å². The molecule has 1 saturated heterocycles. The van der Waals surface area contributed by atoms with E-state index in [0.717, 1.165) is 25.1 Å². The summed E-state index contributed by atoms with van der Waals surface area (Å²) in [7, 11) is 0. The van der Waals surface area contributed by atoms with Crippen molar-refractivity contribution in [2.75, 3.05) is 24.5 Å². The number of hydrogen-bond donors (Lipinski definition) is 0. The van der Waals surface area contributed by atoms with E-state index in [9.17, 15) is 4.79 Å². The van der Waals surface area contributed by atoms with E-state index in [1.807, 2.05) is 6.92 Å². The van der Waals surface area contributed by atoms with Crippen molar-refractivity contribution in [3.05, 3.63) is 64.0 Å². The van der Waals surface area contributed by atoms with E-state index in [1.165, 1.54) is 5.56 Å². The number of carbonyl (C=O) groups excluding carboxylic acids is 1. The van der Waals surface area contributed by atoms with Gasteiger partial charge in [-0.3, -0.25) is 4.79 Å². The first-order valence-electron chi connectivity index (χ1n) is 10.8. The molecule has 1 unspecified atom stereocenters. The van der Waals surface area contributed by atoms with Crippen molar-refractivity contribution in [2.45, 2.75) is 33.2 Å². The average Bonchev–Trinajstić information content (AvgIpc) is 3.26. The highest BCUT2D eigenvalue weighted by Gasteiger charge is 2.30. The fourth-order valence-electron chi connectivity index (χ4n) is 4.04. The summed E-state index contributed by atoms with van der Waals surface area (Å²) in [6.45, 7) is 6.57. The van der Waals surface area contributed by atoms with Gasteiger partial charge in [-0.2, -0.15) is 4.98 Å². The summed E-state index contributed by atoms with van der Waals surface area (Å²) in [5, 5.41) is 5.02. The lowest BCUT2D eigenvalue weighted by Crippen LogP contribution is -2.44. The number of amides is 1. The van der Waals surface area contributed by atoms with Gasteiger partial charge in [0.15, 0.2) is 0 Å². The largest absolute Gasteiger partial charge is 0.371 e. The number of carbonyl (C=O) groups is 1. The lowest BCUT2D eigenvalue weighted by atomic mass is 9.95. The summed E-state index contributed by atoms with van der Waals surface area (Å²) in [6.07, 6.45) is 1.87. The van der Waals surface area contributed by atoms with E-state index < -0.39 is 0 Å². The number of halogens is 2. The van der Waals surface area contributed by atoms with Gasteiger partial charge in [0, 0.05) is 35.9 Å². The van der Waals surface area contributed by atoms with Crippen LogP contribution in [0.15, 0.2) is 47.0 Å². The van der Waals surface area contributed by atoms with Crippen LogP contribution in [0.2, 0.25) is 10.0 Å². The highest BCUT2D eigenvalue weighted by atomic mass is 35.5. The second-order valence-corrected chi connectivity index (χ2v) is 8.95. The maximum absolute atomic E-state index is 13.3. The highest BCUT2D eigenvalue weighted by molar-refractivity contribution is 6.36. The van der Waals surface area contributed by atoms with Crippen LogP contribution in [0.1, 0.15) is 31.2 Å². The quantitative estimate of drug-likeness (QED) is 0.465. The summed E-state index contributed by atoms with van der Waals surface area (Å²) in [5.41, 5.74) is 3.04. The maximum Gasteiger partial charge on any atom is 0.246 e. The van der Waals surface area contributed by atoms with Gasteiger partial charge in [-0.1, -0.05) is 46.1 Å². The minimum Gasteiger partial charge on any atom is -0.371 e. The number of benzene rings is 2. The van der Waals surface area contributed by atoms with E-state index in [1.54, 1.807) is 23.1 Å². The fourth-order valence-corrected chi connectivity index (χ4v) is 4.53. The summed E-state index contributed by atoms with van der Waals surface area (Å²) < 4.78 is 5.42. The molecule has 2 heterocycles. The van der Waals surface area contributed by atoms with Crippen LogP contribution in [0.5, 0.6) is 0 Å². The Hall–Kier alpha value is -2.57. The van der Waals surface area contributed by atoms with E-state index in [-0.39, 0.29) is 18.4 Å². The lowest BCUT2D eigenvalue weighted by Gasteiger charge is -2.35. The van der Waals surface area contributed by atoms with Crippen molar-refractivity contribution in [3.8, 4) is 11.4 Å². The molecular weight excluding hydrogens is 447 g/mol. The molecule has 0 radical (unpaired) electrons. The minimum absolute atomic E-state index is 0.0573. The van der Waals surface area contributed by atoms with Crippen LogP contribution < -0.4 is 4.90 Å². The lowest BCUT2D eigenvalue weighted by molar-refractivity contribution is -0.136. The zero-order valence-electron chi connectivity index (χ0n) is 18.2. The highest BCUT2D eigenvalue weighted by Crippen LogP contribution is 2.29. The summed E-state index contributed by atoms with van der Waals surface area (Å²) >= 11 is 12.2. The van der Waals surface area contributed by atoms with Gasteiger partial charge in [-0.05, 0) is 57.0 Å². The Morgan fingerprint density at radius 1 is 1.22 bits per heavy atom. The van der Waals surface area contributed by atoms with Gasteiger partial charge in [-0.25, -0.2) is 0 Å². The van der Waals surface area contributed by atoms with Crippen molar-refractivity contribution in [2.24, 2.45) is 5.92 Å². The van der Waals surface area contributed by atoms with E-state index in [2.05, 4.69) is 46.2 Å². The van der Waals surface area contributed by atoms with Crippen LogP contribution in [-0.4, -0.2) is 40.6 Å². The Bertz CT molecular complexity index is 1080. The molecule has 32 heavy (non-hydrogen) atoms. The van der Waals surface area contributed by atoms with Crippen molar-refractivity contribution in [1.82, 2.24) is 15.0 Å². The zero-order valence-corrected chi connectivity index (χ0v) is 19.7. The first-order chi connectivity index (χ1) is 15.4. The van der Waals surface area contributed by atoms with E-state index in [0.29, 0.717) is 40.4 Å². The number of piperidine rings is 1. The number of hydrogen-bond acceptors (Lipinski definition) is 5. The van der Waals surface area contributed by atoms with Gasteiger partial charge in [-0.15, -0.1) is 0 Å². The van der Waals surface area contributed by atoms with Crippen LogP contribution >= 0.6 is 23.2 Å². The Morgan fingerprint density at radius 3 is 2.72 bits per heavy atom. The van der Waals surface area contributed by atoms with Crippen LogP contribution in [-0.2, 0) is 11.3 Å². The molecule has 6 nitrogen and oxygen atoms in total. The van der Waals surface area contributed by atoms with Gasteiger partial charge in [0.05, 0.1) is 17.5 Å². The molecule has 0 aliphatic carbocycles. The van der Waals surface area contributed by atoms with Crippen molar-refractivity contribution >= 4 is 34.8 Å². The SMILES string of the molecule is CCN(Cc1nc(-c2ccc(Cl)cc2Cl)no1)C(=O)C1CCCN(c2ccc(C)cc2)C1. The second kappa shape index (κ2) is 9.92. The zero-order chi connectivity index (χ0) is 22.7. The number of aryl methyl sites for hydroxylation is 1. The Morgan fingerprint density at radius 2 is 2.00 bits per heavy atom. The third-order valence-corrected chi connectivity index (χ3v) is 6.38. The van der Waals surface area contributed by atoms with Crippen LogP contribution in [0.25, 0.3) is 11.4 Å². The molecule has 0 N–H and O–H groups in total. The molecule has 8 heteroatoms. The molecule has 1 aliphatic heterocycles. The Labute approximate surface area is 198 Å². The van der Waals surface area contributed by atoms with Crippen LogP contribution in [0, 0.1) is 12.8 Å². The second-order valence-electron chi connectivity index (χ2n) is 8.11. The number of anilines is 1. The summed E-state index contributed by atoms with van der Waals surface area (Å²) in [6, 6.07) is 13.6. The smallest absolute Gasteiger partial charge is 0.246 e. The molecule has 168 valence electrons. The third kappa shape index (κ3) is 5.08. The third-order valence-electron chi connectivity index (χ3n) is 5.83. The normalized spacial score (nSPS) is 16.2. The van der Waals surface area contributed by atoms with Gasteiger partial charge in [0.25, 0.3) is 0 Å². The molecule has 1 aromatic heterocycles. The minimum atomic E-state index is -0.0573. The fraction of sp³-hybridized carbons (Fsp3) is 0.375. The predicted octanol–water partition coefficient (Wildman–Crippen LogP) is 5.62. The number of nitrogens with zero attached hydrogens (tertiary/aromatic N) is 4. The maximum atomic E-state index is 13.3. The molecule has 0 saturated carbocycles. The first-order valence-corrected chi connectivity index (χ1v) is 11.6. The number of rotatable bonds is 6. The molecular formula is C24H26Cl2N4O2. The van der Waals surface area contributed by atoms with Crippen LogP contribution in [0.3, 0.4) is 0 Å². The Kier molecular flexibility index (Phi) is 7.01. The molecule has 1 atom stereocenters. The molecule has 3 aromatic rings. The van der Waals surface area contributed by atoms with Gasteiger partial charge in [0.2, 0.25) is 17.6 Å². The molecule has 0 bridgehead atoms. The molecule has 1 amide bonds. The Balaban J connectivity index is 1.44. The number of aromatic nitrogens is 2. The summed E-state index contributed by atoms with van der Waals surface area (Å²) in [5.74, 6) is 0.826.